The maximum absolute atomic E-state index is 13.8. The summed E-state index contributed by atoms with van der Waals surface area (Å²) in [5, 5.41) is 1.11. The van der Waals surface area contributed by atoms with Crippen molar-refractivity contribution in [2.24, 2.45) is 0 Å². The molecule has 0 aliphatic rings. The fourth-order valence-corrected chi connectivity index (χ4v) is 2.07. The van der Waals surface area contributed by atoms with Crippen LogP contribution in [0, 0.1) is 11.6 Å². The second kappa shape index (κ2) is 6.78. The molecule has 24 heavy (non-hydrogen) atoms. The molecule has 0 atom stereocenters. The largest absolute Gasteiger partial charge is 0.272 e. The van der Waals surface area contributed by atoms with Gasteiger partial charge in [0.05, 0.1) is 11.1 Å². The van der Waals surface area contributed by atoms with Crippen molar-refractivity contribution in [1.29, 1.82) is 0 Å². The fourth-order valence-electron chi connectivity index (χ4n) is 2.07. The standard InChI is InChI=1S/C18H18F2N2O2/c1-18(2,3)22(17(24)12-8-5-4-6-9-12)21-16(23)13-10-7-11-14(19)15(13)20/h4-11H,1-3H3,(H,21,23). The Kier molecular flexibility index (Phi) is 4.97. The number of hydrogen-bond donors (Lipinski definition) is 1. The highest BCUT2D eigenvalue weighted by atomic mass is 19.2. The fraction of sp³-hybridized carbons (Fsp3) is 0.222. The summed E-state index contributed by atoms with van der Waals surface area (Å²) >= 11 is 0. The minimum Gasteiger partial charge on any atom is -0.267 e. The lowest BCUT2D eigenvalue weighted by molar-refractivity contribution is 0.0356. The van der Waals surface area contributed by atoms with Gasteiger partial charge in [0.2, 0.25) is 0 Å². The van der Waals surface area contributed by atoms with Crippen LogP contribution in [0.2, 0.25) is 0 Å². The third-order valence-electron chi connectivity index (χ3n) is 3.30. The zero-order valence-corrected chi connectivity index (χ0v) is 13.6. The van der Waals surface area contributed by atoms with Crippen LogP contribution in [0.3, 0.4) is 0 Å². The van der Waals surface area contributed by atoms with Crippen molar-refractivity contribution in [3.8, 4) is 0 Å². The highest BCUT2D eigenvalue weighted by Gasteiger charge is 2.30. The van der Waals surface area contributed by atoms with E-state index >= 15 is 0 Å². The molecule has 0 spiro atoms. The van der Waals surface area contributed by atoms with Crippen LogP contribution in [-0.2, 0) is 0 Å². The average Bonchev–Trinajstić information content (AvgIpc) is 2.54. The summed E-state index contributed by atoms with van der Waals surface area (Å²) in [5.74, 6) is -3.73. The van der Waals surface area contributed by atoms with Crippen molar-refractivity contribution < 1.29 is 18.4 Å². The van der Waals surface area contributed by atoms with E-state index in [1.165, 1.54) is 6.07 Å². The number of nitrogens with zero attached hydrogens (tertiary/aromatic N) is 1. The molecule has 2 rings (SSSR count). The molecular weight excluding hydrogens is 314 g/mol. The molecule has 126 valence electrons. The third-order valence-corrected chi connectivity index (χ3v) is 3.30. The van der Waals surface area contributed by atoms with Crippen molar-refractivity contribution in [2.75, 3.05) is 0 Å². The van der Waals surface area contributed by atoms with E-state index in [-0.39, 0.29) is 0 Å². The van der Waals surface area contributed by atoms with E-state index in [1.54, 1.807) is 51.1 Å². The summed E-state index contributed by atoms with van der Waals surface area (Å²) < 4.78 is 27.1. The van der Waals surface area contributed by atoms with Crippen molar-refractivity contribution in [1.82, 2.24) is 10.4 Å². The molecule has 0 radical (unpaired) electrons. The van der Waals surface area contributed by atoms with E-state index in [2.05, 4.69) is 5.43 Å². The van der Waals surface area contributed by atoms with Gasteiger partial charge in [-0.3, -0.25) is 15.0 Å². The average molecular weight is 332 g/mol. The summed E-state index contributed by atoms with van der Waals surface area (Å²) in [6.07, 6.45) is 0. The maximum atomic E-state index is 13.8. The molecule has 0 saturated carbocycles. The lowest BCUT2D eigenvalue weighted by Crippen LogP contribution is -2.56. The van der Waals surface area contributed by atoms with E-state index < -0.39 is 34.6 Å². The Morgan fingerprint density at radius 2 is 1.58 bits per heavy atom. The van der Waals surface area contributed by atoms with Gasteiger partial charge in [-0.2, -0.15) is 0 Å². The van der Waals surface area contributed by atoms with Gasteiger partial charge < -0.3 is 0 Å². The molecule has 0 aliphatic heterocycles. The van der Waals surface area contributed by atoms with E-state index in [9.17, 15) is 18.4 Å². The second-order valence-corrected chi connectivity index (χ2v) is 6.22. The van der Waals surface area contributed by atoms with Gasteiger partial charge in [-0.15, -0.1) is 0 Å². The molecule has 0 fully saturated rings. The van der Waals surface area contributed by atoms with Crippen LogP contribution in [0.25, 0.3) is 0 Å². The van der Waals surface area contributed by atoms with Crippen LogP contribution in [-0.4, -0.2) is 22.4 Å². The minimum absolute atomic E-state index is 0.368. The van der Waals surface area contributed by atoms with Crippen LogP contribution in [0.4, 0.5) is 8.78 Å². The Hall–Kier alpha value is -2.76. The highest BCUT2D eigenvalue weighted by molar-refractivity contribution is 5.99. The Labute approximate surface area is 139 Å². The Bertz CT molecular complexity index is 755. The first-order chi connectivity index (χ1) is 11.2. The summed E-state index contributed by atoms with van der Waals surface area (Å²) in [6, 6.07) is 11.7. The smallest absolute Gasteiger partial charge is 0.267 e. The highest BCUT2D eigenvalue weighted by Crippen LogP contribution is 2.17. The lowest BCUT2D eigenvalue weighted by atomic mass is 10.1. The molecule has 0 saturated heterocycles. The quantitative estimate of drug-likeness (QED) is 0.855. The predicted octanol–water partition coefficient (Wildman–Crippen LogP) is 3.55. The first kappa shape index (κ1) is 17.6. The van der Waals surface area contributed by atoms with Gasteiger partial charge in [0.1, 0.15) is 0 Å². The Morgan fingerprint density at radius 1 is 0.958 bits per heavy atom. The van der Waals surface area contributed by atoms with Crippen LogP contribution in [0.5, 0.6) is 0 Å². The summed E-state index contributed by atoms with van der Waals surface area (Å²) in [6.45, 7) is 5.15. The van der Waals surface area contributed by atoms with Crippen molar-refractivity contribution in [2.45, 2.75) is 26.3 Å². The van der Waals surface area contributed by atoms with Gasteiger partial charge in [0.25, 0.3) is 11.8 Å². The molecule has 2 aromatic carbocycles. The van der Waals surface area contributed by atoms with Gasteiger partial charge in [-0.25, -0.2) is 13.8 Å². The number of benzene rings is 2. The SMILES string of the molecule is CC(C)(C)N(NC(=O)c1cccc(F)c1F)C(=O)c1ccccc1. The Balaban J connectivity index is 2.32. The van der Waals surface area contributed by atoms with Gasteiger partial charge in [-0.1, -0.05) is 24.3 Å². The number of carbonyl (C=O) groups is 2. The molecule has 0 unspecified atom stereocenters. The molecule has 0 heterocycles. The number of halogens is 2. The first-order valence-corrected chi connectivity index (χ1v) is 7.36. The third kappa shape index (κ3) is 3.76. The first-order valence-electron chi connectivity index (χ1n) is 7.36. The zero-order chi connectivity index (χ0) is 17.9. The molecule has 0 aromatic heterocycles. The molecule has 0 aliphatic carbocycles. The number of amides is 2. The molecular formula is C18H18F2N2O2. The van der Waals surface area contributed by atoms with Crippen LogP contribution in [0.15, 0.2) is 48.5 Å². The molecule has 1 N–H and O–H groups in total. The number of hydrazine groups is 1. The van der Waals surface area contributed by atoms with E-state index in [4.69, 9.17) is 0 Å². The van der Waals surface area contributed by atoms with Gasteiger partial charge in [0.15, 0.2) is 11.6 Å². The topological polar surface area (TPSA) is 49.4 Å². The van der Waals surface area contributed by atoms with Gasteiger partial charge in [-0.05, 0) is 45.0 Å². The Morgan fingerprint density at radius 3 is 2.17 bits per heavy atom. The number of rotatable bonds is 2. The molecule has 2 aromatic rings. The van der Waals surface area contributed by atoms with Gasteiger partial charge >= 0.3 is 0 Å². The number of nitrogens with one attached hydrogen (secondary N) is 1. The van der Waals surface area contributed by atoms with Crippen LogP contribution >= 0.6 is 0 Å². The number of carbonyl (C=O) groups excluding carboxylic acids is 2. The van der Waals surface area contributed by atoms with Crippen molar-refractivity contribution >= 4 is 11.8 Å². The molecule has 4 nitrogen and oxygen atoms in total. The zero-order valence-electron chi connectivity index (χ0n) is 13.6. The predicted molar refractivity (Wildman–Crippen MR) is 86.2 cm³/mol. The summed E-state index contributed by atoms with van der Waals surface area (Å²) in [7, 11) is 0. The van der Waals surface area contributed by atoms with Crippen LogP contribution < -0.4 is 5.43 Å². The lowest BCUT2D eigenvalue weighted by Gasteiger charge is -2.35. The molecule has 0 bridgehead atoms. The van der Waals surface area contributed by atoms with Crippen LogP contribution in [0.1, 0.15) is 41.5 Å². The monoisotopic (exact) mass is 332 g/mol. The molecule has 2 amide bonds. The second-order valence-electron chi connectivity index (χ2n) is 6.22. The van der Waals surface area contributed by atoms with Crippen molar-refractivity contribution in [3.63, 3.8) is 0 Å². The maximum Gasteiger partial charge on any atom is 0.272 e. The molecule has 6 heteroatoms. The van der Waals surface area contributed by atoms with E-state index in [0.29, 0.717) is 5.56 Å². The minimum atomic E-state index is -1.25. The van der Waals surface area contributed by atoms with Crippen molar-refractivity contribution in [3.05, 3.63) is 71.3 Å². The van der Waals surface area contributed by atoms with E-state index in [0.717, 1.165) is 17.1 Å². The van der Waals surface area contributed by atoms with Gasteiger partial charge in [0, 0.05) is 5.56 Å². The van der Waals surface area contributed by atoms with E-state index in [1.807, 2.05) is 0 Å². The number of hydrogen-bond acceptors (Lipinski definition) is 2. The normalized spacial score (nSPS) is 11.0. The summed E-state index contributed by atoms with van der Waals surface area (Å²) in [5.41, 5.74) is 1.51. The summed E-state index contributed by atoms with van der Waals surface area (Å²) in [4.78, 5) is 25.0.